The van der Waals surface area contributed by atoms with Gasteiger partial charge in [0.2, 0.25) is 11.7 Å². The predicted molar refractivity (Wildman–Crippen MR) is 126 cm³/mol. The second-order valence-corrected chi connectivity index (χ2v) is 9.11. The van der Waals surface area contributed by atoms with Gasteiger partial charge in [-0.1, -0.05) is 25.3 Å². The molecule has 1 aliphatic carbocycles. The van der Waals surface area contributed by atoms with E-state index in [1.807, 2.05) is 12.1 Å². The van der Waals surface area contributed by atoms with E-state index in [1.54, 1.807) is 32.3 Å². The smallest absolute Gasteiger partial charge is 0.329 e. The van der Waals surface area contributed by atoms with Gasteiger partial charge >= 0.3 is 5.97 Å². The zero-order valence-electron chi connectivity index (χ0n) is 20.1. The van der Waals surface area contributed by atoms with Crippen LogP contribution in [-0.2, 0) is 9.59 Å². The third kappa shape index (κ3) is 4.82. The van der Waals surface area contributed by atoms with Crippen LogP contribution in [0.1, 0.15) is 69.3 Å². The number of ether oxygens (including phenoxy) is 3. The minimum absolute atomic E-state index is 0.125. The molecule has 1 heterocycles. The van der Waals surface area contributed by atoms with Gasteiger partial charge in [0.15, 0.2) is 11.5 Å². The summed E-state index contributed by atoms with van der Waals surface area (Å²) >= 11 is 0. The first-order valence-corrected chi connectivity index (χ1v) is 11.9. The highest BCUT2D eigenvalue weighted by Crippen LogP contribution is 2.46. The second-order valence-electron chi connectivity index (χ2n) is 9.11. The molecule has 33 heavy (non-hydrogen) atoms. The Bertz CT molecular complexity index is 837. The Morgan fingerprint density at radius 2 is 1.73 bits per heavy atom. The van der Waals surface area contributed by atoms with Gasteiger partial charge < -0.3 is 24.2 Å². The van der Waals surface area contributed by atoms with Crippen molar-refractivity contribution in [2.45, 2.75) is 69.2 Å². The first kappa shape index (κ1) is 24.9. The molecule has 1 aliphatic heterocycles. The Hall–Kier alpha value is -2.70. The maximum absolute atomic E-state index is 14.3. The number of hydrogen-bond acceptors (Lipinski definition) is 5. The molecule has 0 radical (unpaired) electrons. The van der Waals surface area contributed by atoms with Gasteiger partial charge in [0.05, 0.1) is 27.2 Å². The number of carboxylic acids is 1. The highest BCUT2D eigenvalue weighted by molar-refractivity contribution is 5.91. The van der Waals surface area contributed by atoms with Crippen LogP contribution < -0.4 is 14.2 Å². The zero-order valence-corrected chi connectivity index (χ0v) is 20.1. The van der Waals surface area contributed by atoms with Crippen molar-refractivity contribution in [1.29, 1.82) is 0 Å². The van der Waals surface area contributed by atoms with E-state index in [0.29, 0.717) is 30.2 Å². The van der Waals surface area contributed by atoms with Crippen LogP contribution in [0.15, 0.2) is 24.8 Å². The molecular formula is C26H37NO6. The molecule has 1 saturated heterocycles. The molecule has 1 aromatic rings. The molecule has 0 aromatic heterocycles. The van der Waals surface area contributed by atoms with E-state index in [9.17, 15) is 14.7 Å². The molecule has 2 unspecified atom stereocenters. The van der Waals surface area contributed by atoms with Gasteiger partial charge in [0.25, 0.3) is 0 Å². The lowest BCUT2D eigenvalue weighted by atomic mass is 9.74. The lowest BCUT2D eigenvalue weighted by molar-refractivity contribution is -0.163. The number of methoxy groups -OCH3 is 3. The van der Waals surface area contributed by atoms with E-state index in [4.69, 9.17) is 14.2 Å². The Balaban J connectivity index is 2.12. The number of carbonyl (C=O) groups is 2. The van der Waals surface area contributed by atoms with Crippen molar-refractivity contribution < 1.29 is 28.9 Å². The van der Waals surface area contributed by atoms with Crippen LogP contribution in [0.3, 0.4) is 0 Å². The number of hydrogen-bond donors (Lipinski definition) is 1. The van der Waals surface area contributed by atoms with E-state index < -0.39 is 17.4 Å². The monoisotopic (exact) mass is 459 g/mol. The number of amides is 1. The maximum Gasteiger partial charge on any atom is 0.329 e. The summed E-state index contributed by atoms with van der Waals surface area (Å²) in [7, 11) is 4.67. The molecule has 1 N–H and O–H groups in total. The number of nitrogens with zero attached hydrogens (tertiary/aromatic N) is 1. The van der Waals surface area contributed by atoms with Crippen molar-refractivity contribution in [1.82, 2.24) is 4.90 Å². The fraction of sp³-hybridized carbons (Fsp3) is 0.615. The van der Waals surface area contributed by atoms with Crippen molar-refractivity contribution in [2.75, 3.05) is 27.9 Å². The molecule has 1 amide bonds. The normalized spacial score (nSPS) is 22.3. The molecule has 0 bridgehead atoms. The quantitative estimate of drug-likeness (QED) is 0.535. The van der Waals surface area contributed by atoms with E-state index in [-0.39, 0.29) is 18.2 Å². The van der Waals surface area contributed by atoms with Gasteiger partial charge in [-0.05, 0) is 62.1 Å². The highest BCUT2D eigenvalue weighted by atomic mass is 16.5. The topological polar surface area (TPSA) is 85.3 Å². The largest absolute Gasteiger partial charge is 0.493 e. The molecule has 3 rings (SSSR count). The van der Waals surface area contributed by atoms with Crippen molar-refractivity contribution >= 4 is 11.9 Å². The summed E-state index contributed by atoms with van der Waals surface area (Å²) in [6.07, 6.45) is 9.02. The number of likely N-dealkylation sites (tertiary alicyclic amines) is 1. The average molecular weight is 460 g/mol. The minimum Gasteiger partial charge on any atom is -0.493 e. The summed E-state index contributed by atoms with van der Waals surface area (Å²) in [4.78, 5) is 28.4. The number of carbonyl (C=O) groups excluding carboxylic acids is 1. The molecule has 1 saturated carbocycles. The van der Waals surface area contributed by atoms with E-state index >= 15 is 0 Å². The Morgan fingerprint density at radius 1 is 1.09 bits per heavy atom. The maximum atomic E-state index is 14.3. The lowest BCUT2D eigenvalue weighted by Gasteiger charge is -2.46. The minimum atomic E-state index is -1.25. The molecule has 1 aromatic carbocycles. The summed E-state index contributed by atoms with van der Waals surface area (Å²) in [5, 5.41) is 10.2. The van der Waals surface area contributed by atoms with Crippen LogP contribution in [-0.4, -0.2) is 55.3 Å². The van der Waals surface area contributed by atoms with Crippen molar-refractivity contribution in [2.24, 2.45) is 5.92 Å². The fourth-order valence-electron chi connectivity index (χ4n) is 5.65. The van der Waals surface area contributed by atoms with E-state index in [2.05, 4.69) is 6.58 Å². The van der Waals surface area contributed by atoms with E-state index in [0.717, 1.165) is 50.5 Å². The standard InChI is InChI=1S/C26H37NO6/c1-5-13-26(25(29)30)14-9-10-15-27(26)24(28)22(18-11-7-6-8-12-18)19-16-20(31-2)23(33-4)21(17-19)32-3/h5,16-18,22H,1,6-15H2,2-4H3,(H,29,30). The molecule has 2 atom stereocenters. The van der Waals surface area contributed by atoms with Crippen molar-refractivity contribution in [3.05, 3.63) is 30.4 Å². The average Bonchev–Trinajstić information content (AvgIpc) is 2.84. The molecule has 2 aliphatic rings. The third-order valence-corrected chi connectivity index (χ3v) is 7.32. The first-order chi connectivity index (χ1) is 15.9. The third-order valence-electron chi connectivity index (χ3n) is 7.32. The summed E-state index contributed by atoms with van der Waals surface area (Å²) < 4.78 is 16.6. The first-order valence-electron chi connectivity index (χ1n) is 11.9. The molecule has 7 nitrogen and oxygen atoms in total. The Morgan fingerprint density at radius 3 is 2.24 bits per heavy atom. The van der Waals surface area contributed by atoms with Gasteiger partial charge in [0, 0.05) is 6.54 Å². The van der Waals surface area contributed by atoms with Gasteiger partial charge in [-0.3, -0.25) is 4.79 Å². The SMILES string of the molecule is C=CCC1(C(=O)O)CCCCN1C(=O)C(c1cc(OC)c(OC)c(OC)c1)C1CCCCC1. The molecule has 2 fully saturated rings. The molecular weight excluding hydrogens is 422 g/mol. The van der Waals surface area contributed by atoms with Gasteiger partial charge in [-0.15, -0.1) is 6.58 Å². The Labute approximate surface area is 196 Å². The van der Waals surface area contributed by atoms with Crippen LogP contribution in [0.2, 0.25) is 0 Å². The van der Waals surface area contributed by atoms with Crippen molar-refractivity contribution in [3.63, 3.8) is 0 Å². The second kappa shape index (κ2) is 10.9. The number of benzene rings is 1. The number of piperidine rings is 1. The van der Waals surface area contributed by atoms with Crippen LogP contribution in [0.5, 0.6) is 17.2 Å². The van der Waals surface area contributed by atoms with Crippen LogP contribution >= 0.6 is 0 Å². The van der Waals surface area contributed by atoms with Gasteiger partial charge in [-0.25, -0.2) is 4.79 Å². The van der Waals surface area contributed by atoms with E-state index in [1.165, 1.54) is 0 Å². The van der Waals surface area contributed by atoms with Gasteiger partial charge in [-0.2, -0.15) is 0 Å². The van der Waals surface area contributed by atoms with Crippen LogP contribution in [0, 0.1) is 5.92 Å². The number of carboxylic acid groups (broad SMARTS) is 1. The summed E-state index contributed by atoms with van der Waals surface area (Å²) in [5.41, 5.74) is -0.463. The summed E-state index contributed by atoms with van der Waals surface area (Å²) in [5.74, 6) is 0.0437. The van der Waals surface area contributed by atoms with Crippen LogP contribution in [0.4, 0.5) is 0 Å². The molecule has 182 valence electrons. The lowest BCUT2D eigenvalue weighted by Crippen LogP contribution is -2.60. The predicted octanol–water partition coefficient (Wildman–Crippen LogP) is 4.79. The number of rotatable bonds is 9. The zero-order chi connectivity index (χ0) is 24.0. The number of aliphatic carboxylic acids is 1. The highest BCUT2D eigenvalue weighted by Gasteiger charge is 2.49. The Kier molecular flexibility index (Phi) is 8.27. The van der Waals surface area contributed by atoms with Crippen molar-refractivity contribution in [3.8, 4) is 17.2 Å². The summed E-state index contributed by atoms with van der Waals surface area (Å²) in [6.45, 7) is 4.22. The summed E-state index contributed by atoms with van der Waals surface area (Å²) in [6, 6.07) is 3.69. The van der Waals surface area contributed by atoms with Crippen LogP contribution in [0.25, 0.3) is 0 Å². The molecule has 7 heteroatoms. The molecule has 0 spiro atoms. The van der Waals surface area contributed by atoms with Gasteiger partial charge in [0.1, 0.15) is 5.54 Å². The fourth-order valence-corrected chi connectivity index (χ4v) is 5.65.